The molecule has 10 heteroatoms. The highest BCUT2D eigenvalue weighted by molar-refractivity contribution is 7.45. The zero-order valence-corrected chi connectivity index (χ0v) is 50.6. The van der Waals surface area contributed by atoms with Crippen LogP contribution in [0.25, 0.3) is 0 Å². The number of nitrogens with zero attached hydrogens (tertiary/aromatic N) is 1. The van der Waals surface area contributed by atoms with Gasteiger partial charge in [-0.1, -0.05) is 252 Å². The number of hydrogen-bond acceptors (Lipinski definition) is 8. The maximum atomic E-state index is 12.8. The Kier molecular flexibility index (Phi) is 54.4. The molecule has 9 nitrogen and oxygen atoms in total. The summed E-state index contributed by atoms with van der Waals surface area (Å²) in [4.78, 5) is 37.9. The molecule has 0 aromatic carbocycles. The number of quaternary nitrogens is 1. The molecule has 438 valence electrons. The van der Waals surface area contributed by atoms with Crippen molar-refractivity contribution in [3.8, 4) is 0 Å². The summed E-state index contributed by atoms with van der Waals surface area (Å²) in [5.74, 6) is -0.841. The first kappa shape index (κ1) is 72.9. The van der Waals surface area contributed by atoms with Crippen LogP contribution in [0.5, 0.6) is 0 Å². The highest BCUT2D eigenvalue weighted by atomic mass is 31.2. The van der Waals surface area contributed by atoms with Gasteiger partial charge in [0.05, 0.1) is 27.7 Å². The van der Waals surface area contributed by atoms with Crippen molar-refractivity contribution in [2.24, 2.45) is 0 Å². The van der Waals surface area contributed by atoms with E-state index >= 15 is 0 Å². The first-order valence-corrected chi connectivity index (χ1v) is 32.4. The number of unbranched alkanes of at least 4 members (excludes halogenated alkanes) is 26. The quantitative estimate of drug-likeness (QED) is 0.0195. The van der Waals surface area contributed by atoms with Gasteiger partial charge in [0.25, 0.3) is 7.82 Å². The minimum atomic E-state index is -4.64. The maximum Gasteiger partial charge on any atom is 0.306 e. The molecule has 0 heterocycles. The number of carbonyl (C=O) groups is 2. The zero-order valence-electron chi connectivity index (χ0n) is 49.7. The van der Waals surface area contributed by atoms with Gasteiger partial charge in [-0.3, -0.25) is 14.2 Å². The van der Waals surface area contributed by atoms with E-state index in [2.05, 4.69) is 111 Å². The normalized spacial score (nSPS) is 13.9. The Morgan fingerprint density at radius 1 is 0.408 bits per heavy atom. The van der Waals surface area contributed by atoms with Crippen LogP contribution < -0.4 is 4.89 Å². The van der Waals surface area contributed by atoms with Crippen LogP contribution in [0.15, 0.2) is 97.2 Å². The van der Waals surface area contributed by atoms with Crippen molar-refractivity contribution in [2.75, 3.05) is 47.5 Å². The monoisotopic (exact) mass is 1080 g/mol. The van der Waals surface area contributed by atoms with E-state index in [4.69, 9.17) is 18.5 Å². The topological polar surface area (TPSA) is 111 Å². The van der Waals surface area contributed by atoms with Crippen LogP contribution >= 0.6 is 7.82 Å². The van der Waals surface area contributed by atoms with Gasteiger partial charge >= 0.3 is 11.9 Å². The number of rotatable bonds is 56. The first-order chi connectivity index (χ1) is 37.0. The summed E-state index contributed by atoms with van der Waals surface area (Å²) in [6.07, 6.45) is 77.6. The molecule has 2 atom stereocenters. The molecule has 0 aliphatic heterocycles. The molecule has 2 unspecified atom stereocenters. The molecule has 0 saturated heterocycles. The van der Waals surface area contributed by atoms with Crippen molar-refractivity contribution < 1.29 is 42.1 Å². The van der Waals surface area contributed by atoms with Gasteiger partial charge in [0, 0.05) is 12.8 Å². The fraction of sp³-hybridized carbons (Fsp3) is 0.727. The van der Waals surface area contributed by atoms with Crippen molar-refractivity contribution in [2.45, 2.75) is 264 Å². The molecule has 0 saturated carbocycles. The number of hydrogen-bond donors (Lipinski definition) is 0. The average molecular weight is 1080 g/mol. The van der Waals surface area contributed by atoms with Crippen molar-refractivity contribution in [3.63, 3.8) is 0 Å². The van der Waals surface area contributed by atoms with Gasteiger partial charge < -0.3 is 27.9 Å². The van der Waals surface area contributed by atoms with Crippen LogP contribution in [0, 0.1) is 0 Å². The summed E-state index contributed by atoms with van der Waals surface area (Å²) in [6.45, 7) is 4.02. The summed E-state index contributed by atoms with van der Waals surface area (Å²) in [5, 5.41) is 0. The van der Waals surface area contributed by atoms with Gasteiger partial charge in [-0.2, -0.15) is 0 Å². The predicted octanol–water partition coefficient (Wildman–Crippen LogP) is 19.0. The molecule has 0 bridgehead atoms. The summed E-state index contributed by atoms with van der Waals surface area (Å²) in [6, 6.07) is 0. The van der Waals surface area contributed by atoms with Gasteiger partial charge in [-0.05, 0) is 89.9 Å². The fourth-order valence-electron chi connectivity index (χ4n) is 8.40. The Labute approximate surface area is 468 Å². The lowest BCUT2D eigenvalue weighted by Crippen LogP contribution is -2.37. The summed E-state index contributed by atoms with van der Waals surface area (Å²) in [5.41, 5.74) is 0. The van der Waals surface area contributed by atoms with E-state index in [1.165, 1.54) is 122 Å². The van der Waals surface area contributed by atoms with Gasteiger partial charge in [0.15, 0.2) is 6.10 Å². The standard InChI is InChI=1S/C66H116NO8P/c1-6-8-10-12-14-16-18-20-22-24-25-26-27-28-29-30-31-32-33-34-35-36-37-38-39-40-41-43-45-47-49-51-53-55-57-59-66(69)75-64(63-74-76(70,71)73-61-60-67(3,4)5)62-72-65(68)58-56-54-52-50-48-46-44-42-23-21-19-17-15-13-11-9-7-2/h8-11,14-17,20-23,25-26,28-29,64H,6-7,12-13,18-19,24,27,30-63H2,1-5H3/b10-8-,11-9-,16-14-,17-15-,22-20-,23-21-,26-25-,29-28-. The third-order valence-corrected chi connectivity index (χ3v) is 14.1. The SMILES string of the molecule is CC/C=C\C/C=C\C/C=C\C/C=C\C/C=C\CCCCCCCCCCCCCCCCCCCCCC(=O)OC(COC(=O)CCCCCCCCC/C=C\C/C=C\C/C=C\CC)COP(=O)([O-])OCC[N+](C)(C)C. The van der Waals surface area contributed by atoms with Crippen LogP contribution in [0.1, 0.15) is 258 Å². The molecule has 0 aliphatic rings. The zero-order chi connectivity index (χ0) is 55.6. The van der Waals surface area contributed by atoms with E-state index in [1.807, 2.05) is 21.1 Å². The molecular weight excluding hydrogens is 966 g/mol. The molecule has 0 aliphatic carbocycles. The lowest BCUT2D eigenvalue weighted by molar-refractivity contribution is -0.870. The molecule has 76 heavy (non-hydrogen) atoms. The Balaban J connectivity index is 4.03. The lowest BCUT2D eigenvalue weighted by atomic mass is 10.0. The minimum absolute atomic E-state index is 0.0350. The molecule has 0 aromatic rings. The second kappa shape index (κ2) is 56.6. The van der Waals surface area contributed by atoms with Crippen LogP contribution in [-0.4, -0.2) is 70.0 Å². The molecule has 0 N–H and O–H groups in total. The molecular formula is C66H116NO8P. The second-order valence-electron chi connectivity index (χ2n) is 21.7. The van der Waals surface area contributed by atoms with Gasteiger partial charge in [-0.25, -0.2) is 0 Å². The molecule has 0 aromatic heterocycles. The van der Waals surface area contributed by atoms with E-state index in [0.29, 0.717) is 17.4 Å². The van der Waals surface area contributed by atoms with Crippen molar-refractivity contribution in [1.82, 2.24) is 0 Å². The molecule has 0 spiro atoms. The Morgan fingerprint density at radius 2 is 0.711 bits per heavy atom. The van der Waals surface area contributed by atoms with E-state index in [1.54, 1.807) is 0 Å². The predicted molar refractivity (Wildman–Crippen MR) is 323 cm³/mol. The van der Waals surface area contributed by atoms with Gasteiger partial charge in [0.1, 0.15) is 19.8 Å². The van der Waals surface area contributed by atoms with E-state index in [9.17, 15) is 19.0 Å². The number of phosphoric ester groups is 1. The van der Waals surface area contributed by atoms with Gasteiger partial charge in [-0.15, -0.1) is 0 Å². The molecule has 0 fully saturated rings. The van der Waals surface area contributed by atoms with Crippen molar-refractivity contribution in [1.29, 1.82) is 0 Å². The molecule has 0 amide bonds. The second-order valence-corrected chi connectivity index (χ2v) is 23.1. The van der Waals surface area contributed by atoms with Crippen molar-refractivity contribution >= 4 is 19.8 Å². The number of ether oxygens (including phenoxy) is 2. The van der Waals surface area contributed by atoms with Crippen LogP contribution in [0.3, 0.4) is 0 Å². The highest BCUT2D eigenvalue weighted by Crippen LogP contribution is 2.38. The summed E-state index contributed by atoms with van der Waals surface area (Å²) in [7, 11) is 1.16. The van der Waals surface area contributed by atoms with Crippen molar-refractivity contribution in [3.05, 3.63) is 97.2 Å². The van der Waals surface area contributed by atoms with E-state index < -0.39 is 32.5 Å². The number of esters is 2. The summed E-state index contributed by atoms with van der Waals surface area (Å²) >= 11 is 0. The Morgan fingerprint density at radius 3 is 1.05 bits per heavy atom. The Hall–Kier alpha value is -3.07. The molecule has 0 rings (SSSR count). The van der Waals surface area contributed by atoms with Crippen LogP contribution in [0.4, 0.5) is 0 Å². The third-order valence-electron chi connectivity index (χ3n) is 13.1. The number of phosphoric acid groups is 1. The average Bonchev–Trinajstić information content (AvgIpc) is 3.38. The first-order valence-electron chi connectivity index (χ1n) is 30.9. The maximum absolute atomic E-state index is 12.8. The lowest BCUT2D eigenvalue weighted by Gasteiger charge is -2.28. The number of allylic oxidation sites excluding steroid dienone is 16. The largest absolute Gasteiger partial charge is 0.756 e. The van der Waals surface area contributed by atoms with E-state index in [0.717, 1.165) is 103 Å². The Bertz CT molecular complexity index is 1600. The van der Waals surface area contributed by atoms with Gasteiger partial charge in [0.2, 0.25) is 0 Å². The number of carbonyl (C=O) groups excluding carboxylic acids is 2. The van der Waals surface area contributed by atoms with E-state index in [-0.39, 0.29) is 26.1 Å². The summed E-state index contributed by atoms with van der Waals surface area (Å²) < 4.78 is 34.2. The highest BCUT2D eigenvalue weighted by Gasteiger charge is 2.22. The fourth-order valence-corrected chi connectivity index (χ4v) is 9.13. The smallest absolute Gasteiger partial charge is 0.306 e. The minimum Gasteiger partial charge on any atom is -0.756 e. The number of likely N-dealkylation sites (N-methyl/N-ethyl adjacent to an activating group) is 1. The van der Waals surface area contributed by atoms with Crippen LogP contribution in [0.2, 0.25) is 0 Å². The third kappa shape index (κ3) is 60.2. The van der Waals surface area contributed by atoms with Crippen LogP contribution in [-0.2, 0) is 32.7 Å². The molecule has 0 radical (unpaired) electrons.